The summed E-state index contributed by atoms with van der Waals surface area (Å²) in [6.45, 7) is 8.16. The number of nitrogens with one attached hydrogen (secondary N) is 1. The standard InChI is InChI=1S/C15H25NO4S/c1-5-20-12-6-8-13(9-7-12)21(18,19)16-14(10-11-17)15(2,3)4/h6-9,14,16-17H,5,10-11H2,1-4H3. The number of aliphatic hydroxyl groups excluding tert-OH is 1. The quantitative estimate of drug-likeness (QED) is 0.808. The topological polar surface area (TPSA) is 75.6 Å². The van der Waals surface area contributed by atoms with Crippen molar-refractivity contribution < 1.29 is 18.3 Å². The van der Waals surface area contributed by atoms with Gasteiger partial charge in [-0.15, -0.1) is 0 Å². The molecule has 2 N–H and O–H groups in total. The molecule has 1 unspecified atom stereocenters. The maximum Gasteiger partial charge on any atom is 0.240 e. The Morgan fingerprint density at radius 2 is 1.81 bits per heavy atom. The van der Waals surface area contributed by atoms with Gasteiger partial charge in [-0.05, 0) is 43.0 Å². The van der Waals surface area contributed by atoms with E-state index in [1.54, 1.807) is 12.1 Å². The third-order valence-corrected chi connectivity index (χ3v) is 4.69. The first kappa shape index (κ1) is 17.9. The van der Waals surface area contributed by atoms with E-state index in [2.05, 4.69) is 4.72 Å². The van der Waals surface area contributed by atoms with E-state index in [9.17, 15) is 8.42 Å². The highest BCUT2D eigenvalue weighted by Crippen LogP contribution is 2.24. The molecule has 0 heterocycles. The summed E-state index contributed by atoms with van der Waals surface area (Å²) in [4.78, 5) is 0.193. The first-order valence-electron chi connectivity index (χ1n) is 7.06. The van der Waals surface area contributed by atoms with E-state index in [0.717, 1.165) is 0 Å². The Morgan fingerprint density at radius 1 is 1.24 bits per heavy atom. The lowest BCUT2D eigenvalue weighted by molar-refractivity contribution is 0.214. The molecule has 0 aliphatic rings. The number of ether oxygens (including phenoxy) is 1. The molecule has 6 heteroatoms. The van der Waals surface area contributed by atoms with Crippen molar-refractivity contribution in [3.8, 4) is 5.75 Å². The van der Waals surface area contributed by atoms with Gasteiger partial charge in [0.2, 0.25) is 10.0 Å². The van der Waals surface area contributed by atoms with E-state index in [-0.39, 0.29) is 23.0 Å². The van der Waals surface area contributed by atoms with Crippen LogP contribution in [0.3, 0.4) is 0 Å². The van der Waals surface area contributed by atoms with E-state index in [1.807, 2.05) is 27.7 Å². The van der Waals surface area contributed by atoms with Gasteiger partial charge in [-0.1, -0.05) is 20.8 Å². The van der Waals surface area contributed by atoms with Crippen molar-refractivity contribution in [2.24, 2.45) is 5.41 Å². The minimum absolute atomic E-state index is 0.0618. The third kappa shape index (κ3) is 5.30. The second-order valence-electron chi connectivity index (χ2n) is 5.96. The van der Waals surface area contributed by atoms with Gasteiger partial charge in [0.15, 0.2) is 0 Å². The van der Waals surface area contributed by atoms with Gasteiger partial charge in [0.25, 0.3) is 0 Å². The van der Waals surface area contributed by atoms with E-state index in [1.165, 1.54) is 12.1 Å². The van der Waals surface area contributed by atoms with Gasteiger partial charge in [0.05, 0.1) is 11.5 Å². The number of sulfonamides is 1. The number of hydrogen-bond donors (Lipinski definition) is 2. The van der Waals surface area contributed by atoms with Crippen LogP contribution in [0.15, 0.2) is 29.2 Å². The zero-order chi connectivity index (χ0) is 16.1. The molecule has 1 atom stereocenters. The number of rotatable bonds is 7. The fraction of sp³-hybridized carbons (Fsp3) is 0.600. The Kier molecular flexibility index (Phi) is 6.19. The molecular weight excluding hydrogens is 290 g/mol. The van der Waals surface area contributed by atoms with Crippen LogP contribution in [0.2, 0.25) is 0 Å². The molecule has 0 aromatic heterocycles. The SMILES string of the molecule is CCOc1ccc(S(=O)(=O)NC(CCO)C(C)(C)C)cc1. The van der Waals surface area contributed by atoms with Gasteiger partial charge in [-0.25, -0.2) is 13.1 Å². The predicted molar refractivity (Wildman–Crippen MR) is 82.9 cm³/mol. The molecule has 1 aromatic carbocycles. The van der Waals surface area contributed by atoms with E-state index in [4.69, 9.17) is 9.84 Å². The lowest BCUT2D eigenvalue weighted by Crippen LogP contribution is -2.44. The normalized spacial score (nSPS) is 14.0. The molecule has 0 aliphatic carbocycles. The lowest BCUT2D eigenvalue weighted by atomic mass is 9.86. The zero-order valence-electron chi connectivity index (χ0n) is 13.1. The van der Waals surface area contributed by atoms with Gasteiger partial charge in [-0.2, -0.15) is 0 Å². The van der Waals surface area contributed by atoms with Gasteiger partial charge < -0.3 is 9.84 Å². The molecule has 0 saturated carbocycles. The molecule has 0 amide bonds. The molecule has 1 aromatic rings. The summed E-state index contributed by atoms with van der Waals surface area (Å²) in [5, 5.41) is 9.11. The zero-order valence-corrected chi connectivity index (χ0v) is 13.9. The van der Waals surface area contributed by atoms with Crippen LogP contribution in [-0.2, 0) is 10.0 Å². The number of aliphatic hydroxyl groups is 1. The Hall–Kier alpha value is -1.11. The van der Waals surface area contributed by atoms with Crippen LogP contribution in [0.4, 0.5) is 0 Å². The average molecular weight is 315 g/mol. The van der Waals surface area contributed by atoms with Crippen LogP contribution in [-0.4, -0.2) is 32.8 Å². The first-order chi connectivity index (χ1) is 9.70. The van der Waals surface area contributed by atoms with E-state index >= 15 is 0 Å². The molecule has 1 rings (SSSR count). The summed E-state index contributed by atoms with van der Waals surface area (Å²) in [6.07, 6.45) is 0.375. The maximum atomic E-state index is 12.4. The molecule has 0 spiro atoms. The summed E-state index contributed by atoms with van der Waals surface area (Å²) in [5.74, 6) is 0.638. The Balaban J connectivity index is 2.93. The maximum absolute atomic E-state index is 12.4. The van der Waals surface area contributed by atoms with E-state index in [0.29, 0.717) is 18.8 Å². The lowest BCUT2D eigenvalue weighted by Gasteiger charge is -2.30. The molecule has 5 nitrogen and oxygen atoms in total. The van der Waals surface area contributed by atoms with Gasteiger partial charge >= 0.3 is 0 Å². The van der Waals surface area contributed by atoms with Crippen molar-refractivity contribution in [1.82, 2.24) is 4.72 Å². The second-order valence-corrected chi connectivity index (χ2v) is 7.67. The van der Waals surface area contributed by atoms with Crippen molar-refractivity contribution in [1.29, 1.82) is 0 Å². The molecule has 0 fully saturated rings. The Morgan fingerprint density at radius 3 is 2.24 bits per heavy atom. The van der Waals surface area contributed by atoms with Crippen molar-refractivity contribution >= 4 is 10.0 Å². The molecule has 0 radical (unpaired) electrons. The summed E-state index contributed by atoms with van der Waals surface area (Å²) < 4.78 is 32.8. The van der Waals surface area contributed by atoms with Crippen molar-refractivity contribution in [3.63, 3.8) is 0 Å². The number of benzene rings is 1. The van der Waals surface area contributed by atoms with Crippen LogP contribution >= 0.6 is 0 Å². The highest BCUT2D eigenvalue weighted by molar-refractivity contribution is 7.89. The van der Waals surface area contributed by atoms with Crippen LogP contribution < -0.4 is 9.46 Å². The molecular formula is C15H25NO4S. The van der Waals surface area contributed by atoms with Crippen LogP contribution in [0.25, 0.3) is 0 Å². The van der Waals surface area contributed by atoms with Crippen LogP contribution in [0, 0.1) is 5.41 Å². The smallest absolute Gasteiger partial charge is 0.240 e. The predicted octanol–water partition coefficient (Wildman–Crippen LogP) is 2.16. The van der Waals surface area contributed by atoms with E-state index < -0.39 is 10.0 Å². The van der Waals surface area contributed by atoms with Crippen molar-refractivity contribution in [2.45, 2.75) is 45.1 Å². The van der Waals surface area contributed by atoms with Gasteiger partial charge in [-0.3, -0.25) is 0 Å². The van der Waals surface area contributed by atoms with Crippen LogP contribution in [0.1, 0.15) is 34.1 Å². The first-order valence-corrected chi connectivity index (χ1v) is 8.55. The summed E-state index contributed by atoms with van der Waals surface area (Å²) in [7, 11) is -3.61. The molecule has 120 valence electrons. The monoisotopic (exact) mass is 315 g/mol. The van der Waals surface area contributed by atoms with Crippen molar-refractivity contribution in [3.05, 3.63) is 24.3 Å². The minimum atomic E-state index is -3.61. The largest absolute Gasteiger partial charge is 0.494 e. The highest BCUT2D eigenvalue weighted by atomic mass is 32.2. The molecule has 0 saturated heterocycles. The van der Waals surface area contributed by atoms with Gasteiger partial charge in [0.1, 0.15) is 5.75 Å². The Labute approximate surface area is 127 Å². The molecule has 0 aliphatic heterocycles. The van der Waals surface area contributed by atoms with Gasteiger partial charge in [0, 0.05) is 12.6 Å². The average Bonchev–Trinajstić information content (AvgIpc) is 2.38. The summed E-state index contributed by atoms with van der Waals surface area (Å²) in [5.41, 5.74) is -0.277. The second kappa shape index (κ2) is 7.24. The fourth-order valence-corrected chi connectivity index (χ4v) is 3.41. The summed E-state index contributed by atoms with van der Waals surface area (Å²) >= 11 is 0. The molecule has 0 bridgehead atoms. The Bertz CT molecular complexity index is 532. The fourth-order valence-electron chi connectivity index (χ4n) is 1.93. The number of hydrogen-bond acceptors (Lipinski definition) is 4. The molecule has 21 heavy (non-hydrogen) atoms. The van der Waals surface area contributed by atoms with Crippen LogP contribution in [0.5, 0.6) is 5.75 Å². The summed E-state index contributed by atoms with van der Waals surface area (Å²) in [6, 6.07) is 5.98. The highest BCUT2D eigenvalue weighted by Gasteiger charge is 2.29. The minimum Gasteiger partial charge on any atom is -0.494 e. The third-order valence-electron chi connectivity index (χ3n) is 3.21. The van der Waals surface area contributed by atoms with Crippen molar-refractivity contribution in [2.75, 3.05) is 13.2 Å².